The molecule has 0 radical (unpaired) electrons. The molecule has 6 nitrogen and oxygen atoms in total. The molecule has 3 N–H and O–H groups in total. The SMILES string of the molecule is CCCC/C=C\CCCCCCCC(=O)OCCCCCCCCCCCCCCCCC/C=C\C/C=C\CCCCCCCCCCCCCCCCCCCC(=O)NC(CO)C(O)CCCCCCCCCCCCCCC. The second-order valence-corrected chi connectivity index (χ2v) is 24.9. The first-order chi connectivity index (χ1) is 39.5. The number of allylic oxidation sites excluding steroid dienone is 6. The molecule has 472 valence electrons. The molecule has 0 aromatic carbocycles. The number of rotatable bonds is 68. The van der Waals surface area contributed by atoms with Crippen molar-refractivity contribution in [2.24, 2.45) is 0 Å². The summed E-state index contributed by atoms with van der Waals surface area (Å²) in [4.78, 5) is 24.5. The summed E-state index contributed by atoms with van der Waals surface area (Å²) >= 11 is 0. The van der Waals surface area contributed by atoms with Gasteiger partial charge in [0, 0.05) is 12.8 Å². The van der Waals surface area contributed by atoms with Crippen molar-refractivity contribution in [1.29, 1.82) is 0 Å². The highest BCUT2D eigenvalue weighted by atomic mass is 16.5. The fourth-order valence-corrected chi connectivity index (χ4v) is 11.4. The number of hydrogen-bond donors (Lipinski definition) is 3. The van der Waals surface area contributed by atoms with Crippen LogP contribution < -0.4 is 5.32 Å². The van der Waals surface area contributed by atoms with Crippen LogP contribution >= 0.6 is 0 Å². The van der Waals surface area contributed by atoms with Gasteiger partial charge in [0.1, 0.15) is 0 Å². The normalized spacial score (nSPS) is 12.7. The predicted octanol–water partition coefficient (Wildman–Crippen LogP) is 23.5. The molecule has 0 aromatic rings. The second kappa shape index (κ2) is 69.6. The quantitative estimate of drug-likeness (QED) is 0.0320. The van der Waals surface area contributed by atoms with Crippen molar-refractivity contribution in [3.05, 3.63) is 36.5 Å². The van der Waals surface area contributed by atoms with Gasteiger partial charge in [-0.25, -0.2) is 0 Å². The van der Waals surface area contributed by atoms with Crippen LogP contribution in [0.15, 0.2) is 36.5 Å². The molecule has 0 bridgehead atoms. The van der Waals surface area contributed by atoms with Crippen molar-refractivity contribution < 1.29 is 24.5 Å². The number of hydrogen-bond acceptors (Lipinski definition) is 5. The van der Waals surface area contributed by atoms with E-state index < -0.39 is 12.1 Å². The summed E-state index contributed by atoms with van der Waals surface area (Å²) in [6, 6.07) is -0.538. The minimum Gasteiger partial charge on any atom is -0.466 e. The fraction of sp³-hybridized carbons (Fsp3) is 0.892. The second-order valence-electron chi connectivity index (χ2n) is 24.9. The third kappa shape index (κ3) is 65.2. The molecule has 0 aliphatic carbocycles. The monoisotopic (exact) mass is 1120 g/mol. The number of esters is 1. The number of aliphatic hydroxyl groups is 2. The van der Waals surface area contributed by atoms with E-state index in [1.54, 1.807) is 0 Å². The Balaban J connectivity index is 3.34. The van der Waals surface area contributed by atoms with Gasteiger partial charge in [-0.1, -0.05) is 346 Å². The Kier molecular flexibility index (Phi) is 67.9. The Morgan fingerprint density at radius 1 is 0.350 bits per heavy atom. The summed E-state index contributed by atoms with van der Waals surface area (Å²) in [5.41, 5.74) is 0. The van der Waals surface area contributed by atoms with E-state index in [-0.39, 0.29) is 18.5 Å². The summed E-state index contributed by atoms with van der Waals surface area (Å²) in [5.74, 6) is -0.0206. The van der Waals surface area contributed by atoms with Gasteiger partial charge in [-0.3, -0.25) is 9.59 Å². The summed E-state index contributed by atoms with van der Waals surface area (Å²) in [6.07, 6.45) is 89.4. The van der Waals surface area contributed by atoms with Crippen LogP contribution in [0.4, 0.5) is 0 Å². The van der Waals surface area contributed by atoms with Crippen LogP contribution in [0.1, 0.15) is 399 Å². The molecule has 0 aliphatic heterocycles. The molecule has 0 rings (SSSR count). The van der Waals surface area contributed by atoms with Crippen molar-refractivity contribution in [2.75, 3.05) is 13.2 Å². The van der Waals surface area contributed by atoms with Crippen LogP contribution in [-0.4, -0.2) is 47.4 Å². The molecule has 0 aliphatic rings. The van der Waals surface area contributed by atoms with Gasteiger partial charge in [0.15, 0.2) is 0 Å². The van der Waals surface area contributed by atoms with E-state index in [1.807, 2.05) is 0 Å². The standard InChI is InChI=1S/C74H141NO5/c1-3-5-7-9-11-13-15-43-47-50-54-58-62-66-72(77)71(70-76)75-73(78)67-63-59-55-51-48-44-41-39-37-35-33-31-29-27-25-23-21-19-17-16-18-20-22-24-26-28-30-32-34-36-38-40-42-45-49-53-57-61-65-69-80-74(79)68-64-60-56-52-46-14-12-10-8-6-4-2/h10,12,16-17,20,22,71-72,76-77H,3-9,11,13-15,18-19,21,23-70H2,1-2H3,(H,75,78)/b12-10-,17-16-,22-20-. The molecule has 2 unspecified atom stereocenters. The van der Waals surface area contributed by atoms with Crippen molar-refractivity contribution in [1.82, 2.24) is 5.32 Å². The van der Waals surface area contributed by atoms with Gasteiger partial charge in [0.25, 0.3) is 0 Å². The Morgan fingerprint density at radius 2 is 0.637 bits per heavy atom. The maximum Gasteiger partial charge on any atom is 0.305 e. The first kappa shape index (κ1) is 78.1. The summed E-state index contributed by atoms with van der Waals surface area (Å²) < 4.78 is 5.47. The van der Waals surface area contributed by atoms with Crippen LogP contribution in [0.2, 0.25) is 0 Å². The lowest BCUT2D eigenvalue weighted by molar-refractivity contribution is -0.143. The summed E-state index contributed by atoms with van der Waals surface area (Å²) in [7, 11) is 0. The Hall–Kier alpha value is -1.92. The van der Waals surface area contributed by atoms with Gasteiger partial charge in [0.05, 0.1) is 25.4 Å². The fourth-order valence-electron chi connectivity index (χ4n) is 11.4. The Labute approximate surface area is 500 Å². The molecule has 80 heavy (non-hydrogen) atoms. The number of carbonyl (C=O) groups excluding carboxylic acids is 2. The van der Waals surface area contributed by atoms with Crippen molar-refractivity contribution in [3.8, 4) is 0 Å². The minimum atomic E-state index is -0.661. The third-order valence-corrected chi connectivity index (χ3v) is 16.9. The van der Waals surface area contributed by atoms with E-state index in [2.05, 4.69) is 55.6 Å². The molecule has 2 atom stereocenters. The van der Waals surface area contributed by atoms with E-state index in [0.717, 1.165) is 51.4 Å². The average Bonchev–Trinajstić information content (AvgIpc) is 3.46. The summed E-state index contributed by atoms with van der Waals surface area (Å²) in [6.45, 7) is 4.94. The third-order valence-electron chi connectivity index (χ3n) is 16.9. The summed E-state index contributed by atoms with van der Waals surface area (Å²) in [5, 5.41) is 23.3. The van der Waals surface area contributed by atoms with E-state index in [1.165, 1.54) is 315 Å². The van der Waals surface area contributed by atoms with E-state index in [4.69, 9.17) is 4.74 Å². The van der Waals surface area contributed by atoms with Gasteiger partial charge in [0.2, 0.25) is 5.91 Å². The zero-order valence-corrected chi connectivity index (χ0v) is 54.1. The number of unbranched alkanes of at least 4 members (excludes halogenated alkanes) is 51. The van der Waals surface area contributed by atoms with Crippen LogP contribution in [0.3, 0.4) is 0 Å². The van der Waals surface area contributed by atoms with Crippen LogP contribution in [0.5, 0.6) is 0 Å². The molecule has 0 spiro atoms. The Bertz CT molecular complexity index is 1300. The first-order valence-electron chi connectivity index (χ1n) is 36.2. The van der Waals surface area contributed by atoms with E-state index in [0.29, 0.717) is 25.9 Å². The van der Waals surface area contributed by atoms with Crippen LogP contribution in [0.25, 0.3) is 0 Å². The zero-order valence-electron chi connectivity index (χ0n) is 54.1. The predicted molar refractivity (Wildman–Crippen MR) is 352 cm³/mol. The van der Waals surface area contributed by atoms with Crippen molar-refractivity contribution in [3.63, 3.8) is 0 Å². The van der Waals surface area contributed by atoms with Crippen molar-refractivity contribution in [2.45, 2.75) is 411 Å². The largest absolute Gasteiger partial charge is 0.466 e. The highest BCUT2D eigenvalue weighted by molar-refractivity contribution is 5.76. The molecule has 0 heterocycles. The molecule has 0 aromatic heterocycles. The van der Waals surface area contributed by atoms with Crippen molar-refractivity contribution >= 4 is 11.9 Å². The van der Waals surface area contributed by atoms with Gasteiger partial charge < -0.3 is 20.3 Å². The molecule has 1 amide bonds. The molecule has 0 saturated heterocycles. The van der Waals surface area contributed by atoms with Gasteiger partial charge in [-0.2, -0.15) is 0 Å². The highest BCUT2D eigenvalue weighted by Gasteiger charge is 2.20. The highest BCUT2D eigenvalue weighted by Crippen LogP contribution is 2.19. The lowest BCUT2D eigenvalue weighted by atomic mass is 10.0. The number of aliphatic hydroxyl groups excluding tert-OH is 2. The number of nitrogens with one attached hydrogen (secondary N) is 1. The molecule has 6 heteroatoms. The first-order valence-corrected chi connectivity index (χ1v) is 36.2. The minimum absolute atomic E-state index is 0.00936. The van der Waals surface area contributed by atoms with E-state index >= 15 is 0 Å². The number of carbonyl (C=O) groups is 2. The van der Waals surface area contributed by atoms with Gasteiger partial charge in [-0.05, 0) is 77.0 Å². The molecule has 0 fully saturated rings. The maximum atomic E-state index is 12.5. The number of amides is 1. The Morgan fingerprint density at radius 3 is 1.00 bits per heavy atom. The number of ether oxygens (including phenoxy) is 1. The maximum absolute atomic E-state index is 12.5. The molecular formula is C74H141NO5. The zero-order chi connectivity index (χ0) is 57.8. The van der Waals surface area contributed by atoms with Gasteiger partial charge >= 0.3 is 5.97 Å². The topological polar surface area (TPSA) is 95.9 Å². The van der Waals surface area contributed by atoms with Crippen LogP contribution in [0, 0.1) is 0 Å². The van der Waals surface area contributed by atoms with E-state index in [9.17, 15) is 19.8 Å². The average molecular weight is 1120 g/mol. The van der Waals surface area contributed by atoms with Gasteiger partial charge in [-0.15, -0.1) is 0 Å². The molecular weight excluding hydrogens is 983 g/mol. The smallest absolute Gasteiger partial charge is 0.305 e. The lowest BCUT2D eigenvalue weighted by Gasteiger charge is -2.22. The lowest BCUT2D eigenvalue weighted by Crippen LogP contribution is -2.45. The molecule has 0 saturated carbocycles. The van der Waals surface area contributed by atoms with Crippen LogP contribution in [-0.2, 0) is 14.3 Å².